The number of rotatable bonds is 3. The van der Waals surface area contributed by atoms with Crippen molar-refractivity contribution in [2.75, 3.05) is 6.54 Å². The monoisotopic (exact) mass is 421 g/mol. The summed E-state index contributed by atoms with van der Waals surface area (Å²) in [5.41, 5.74) is 0.281. The molecule has 5 nitrogen and oxygen atoms in total. The Kier molecular flexibility index (Phi) is 4.61. The molecular formula is C22H26F3N3O2. The van der Waals surface area contributed by atoms with Gasteiger partial charge in [-0.25, -0.2) is 4.98 Å². The predicted octanol–water partition coefficient (Wildman–Crippen LogP) is 4.14. The molecule has 1 N–H and O–H groups in total. The summed E-state index contributed by atoms with van der Waals surface area (Å²) >= 11 is 0. The first kappa shape index (κ1) is 19.8. The van der Waals surface area contributed by atoms with E-state index in [2.05, 4.69) is 4.98 Å². The molecule has 2 aromatic rings. The molecule has 0 unspecified atom stereocenters. The Morgan fingerprint density at radius 1 is 1.20 bits per heavy atom. The number of benzene rings is 1. The van der Waals surface area contributed by atoms with E-state index in [9.17, 15) is 23.1 Å². The highest BCUT2D eigenvalue weighted by Gasteiger charge is 2.56. The highest BCUT2D eigenvalue weighted by molar-refractivity contribution is 6.05. The topological polar surface area (TPSA) is 58.4 Å². The van der Waals surface area contributed by atoms with Gasteiger partial charge in [0.25, 0.3) is 5.91 Å². The molecule has 2 saturated carbocycles. The number of nitrogens with zero attached hydrogens (tertiary/aromatic N) is 3. The number of fused-ring (bicyclic) bond motifs is 2. The number of imidazole rings is 1. The van der Waals surface area contributed by atoms with Gasteiger partial charge in [0.2, 0.25) is 0 Å². The van der Waals surface area contributed by atoms with Gasteiger partial charge in [-0.2, -0.15) is 13.2 Å². The Bertz CT molecular complexity index is 968. The van der Waals surface area contributed by atoms with E-state index in [1.54, 1.807) is 18.2 Å². The number of amides is 1. The summed E-state index contributed by atoms with van der Waals surface area (Å²) < 4.78 is 39.7. The number of para-hydroxylation sites is 1. The van der Waals surface area contributed by atoms with Crippen molar-refractivity contribution in [3.05, 3.63) is 30.1 Å². The minimum Gasteiger partial charge on any atom is -0.389 e. The second-order valence-electron chi connectivity index (χ2n) is 9.13. The lowest BCUT2D eigenvalue weighted by Gasteiger charge is -2.52. The third-order valence-electron chi connectivity index (χ3n) is 7.30. The van der Waals surface area contributed by atoms with Crippen LogP contribution in [-0.2, 0) is 6.54 Å². The number of halogens is 3. The van der Waals surface area contributed by atoms with Crippen LogP contribution >= 0.6 is 0 Å². The lowest BCUT2D eigenvalue weighted by atomic mass is 9.67. The van der Waals surface area contributed by atoms with E-state index < -0.39 is 18.3 Å². The Labute approximate surface area is 172 Å². The van der Waals surface area contributed by atoms with Crippen LogP contribution in [0.1, 0.15) is 55.3 Å². The van der Waals surface area contributed by atoms with E-state index in [1.165, 1.54) is 0 Å². The van der Waals surface area contributed by atoms with Crippen LogP contribution in [0, 0.1) is 11.8 Å². The lowest BCUT2D eigenvalue weighted by molar-refractivity contribution is -0.140. The zero-order valence-electron chi connectivity index (χ0n) is 16.7. The fourth-order valence-corrected chi connectivity index (χ4v) is 5.80. The Balaban J connectivity index is 1.46. The van der Waals surface area contributed by atoms with Crippen LogP contribution in [0.25, 0.3) is 11.0 Å². The summed E-state index contributed by atoms with van der Waals surface area (Å²) in [6.07, 6.45) is 3.36. The molecule has 30 heavy (non-hydrogen) atoms. The standard InChI is InChI=1S/C22H26F3N3O2/c23-22(24,25)12-27-13-26-19-15(4-3-7-18(19)27)20(29)28-11-10-21(30,14-8-9-14)16-5-1-2-6-17(16)28/h3-4,7,13-14,16-17,30H,1-2,5-6,8-12H2/t16-,17+,21-/m0/s1. The molecule has 1 aromatic heterocycles. The van der Waals surface area contributed by atoms with Crippen molar-refractivity contribution in [1.82, 2.24) is 14.5 Å². The fourth-order valence-electron chi connectivity index (χ4n) is 5.80. The van der Waals surface area contributed by atoms with Crippen LogP contribution in [-0.4, -0.2) is 49.8 Å². The Morgan fingerprint density at radius 3 is 2.70 bits per heavy atom. The SMILES string of the molecule is O=C(c1cccc2c1ncn2CC(F)(F)F)N1CC[C@](O)(C2CC2)[C@H]2CCCC[C@H]21. The average molecular weight is 421 g/mol. The first-order chi connectivity index (χ1) is 14.3. The molecule has 8 heteroatoms. The zero-order valence-corrected chi connectivity index (χ0v) is 16.7. The number of hydrogen-bond donors (Lipinski definition) is 1. The number of carbonyl (C=O) groups excluding carboxylic acids is 1. The number of alkyl halides is 3. The Hall–Kier alpha value is -2.09. The van der Waals surface area contributed by atoms with Crippen molar-refractivity contribution in [2.45, 2.75) is 69.3 Å². The van der Waals surface area contributed by atoms with Crippen LogP contribution in [0.4, 0.5) is 13.2 Å². The van der Waals surface area contributed by atoms with Crippen molar-refractivity contribution < 1.29 is 23.1 Å². The van der Waals surface area contributed by atoms with Crippen molar-refractivity contribution in [2.24, 2.45) is 11.8 Å². The minimum atomic E-state index is -4.36. The largest absolute Gasteiger partial charge is 0.406 e. The molecule has 1 amide bonds. The van der Waals surface area contributed by atoms with Crippen molar-refractivity contribution >= 4 is 16.9 Å². The van der Waals surface area contributed by atoms with Gasteiger partial charge < -0.3 is 14.6 Å². The average Bonchev–Trinajstić information content (AvgIpc) is 3.50. The van der Waals surface area contributed by atoms with Crippen LogP contribution in [0.3, 0.4) is 0 Å². The summed E-state index contributed by atoms with van der Waals surface area (Å²) in [5.74, 6) is 0.243. The first-order valence-electron chi connectivity index (χ1n) is 10.8. The van der Waals surface area contributed by atoms with Crippen molar-refractivity contribution in [3.8, 4) is 0 Å². The van der Waals surface area contributed by atoms with Gasteiger partial charge in [0.1, 0.15) is 12.1 Å². The molecule has 3 aliphatic rings. The maximum atomic E-state index is 13.5. The molecule has 1 aromatic carbocycles. The van der Waals surface area contributed by atoms with Gasteiger partial charge in [0, 0.05) is 18.5 Å². The van der Waals surface area contributed by atoms with E-state index in [0.717, 1.165) is 49.4 Å². The Morgan fingerprint density at radius 2 is 1.97 bits per heavy atom. The molecule has 0 spiro atoms. The third kappa shape index (κ3) is 3.29. The van der Waals surface area contributed by atoms with Crippen LogP contribution in [0.15, 0.2) is 24.5 Å². The molecule has 162 valence electrons. The first-order valence-corrected chi connectivity index (χ1v) is 10.8. The van der Waals surface area contributed by atoms with Crippen molar-refractivity contribution in [3.63, 3.8) is 0 Å². The van der Waals surface area contributed by atoms with Crippen LogP contribution < -0.4 is 0 Å². The maximum absolute atomic E-state index is 13.5. The van der Waals surface area contributed by atoms with Gasteiger partial charge in [-0.05, 0) is 50.2 Å². The van der Waals surface area contributed by atoms with E-state index in [-0.39, 0.29) is 17.9 Å². The highest BCUT2D eigenvalue weighted by Crippen LogP contribution is 2.52. The summed E-state index contributed by atoms with van der Waals surface area (Å²) in [6, 6.07) is 4.82. The summed E-state index contributed by atoms with van der Waals surface area (Å²) in [4.78, 5) is 19.5. The highest BCUT2D eigenvalue weighted by atomic mass is 19.4. The molecule has 5 rings (SSSR count). The molecular weight excluding hydrogens is 395 g/mol. The number of hydrogen-bond acceptors (Lipinski definition) is 3. The maximum Gasteiger partial charge on any atom is 0.406 e. The third-order valence-corrected chi connectivity index (χ3v) is 7.30. The molecule has 1 saturated heterocycles. The number of carbonyl (C=O) groups is 1. The lowest BCUT2D eigenvalue weighted by Crippen LogP contribution is -2.61. The molecule has 1 aliphatic heterocycles. The summed E-state index contributed by atoms with van der Waals surface area (Å²) in [6.45, 7) is -0.656. The molecule has 2 heterocycles. The second kappa shape index (κ2) is 6.97. The van der Waals surface area contributed by atoms with Gasteiger partial charge in [0.05, 0.1) is 23.0 Å². The quantitative estimate of drug-likeness (QED) is 0.810. The molecule has 0 radical (unpaired) electrons. The second-order valence-corrected chi connectivity index (χ2v) is 9.13. The van der Waals surface area contributed by atoms with Gasteiger partial charge in [-0.15, -0.1) is 0 Å². The van der Waals surface area contributed by atoms with E-state index in [1.807, 2.05) is 4.90 Å². The van der Waals surface area contributed by atoms with Gasteiger partial charge in [-0.3, -0.25) is 4.79 Å². The van der Waals surface area contributed by atoms with Gasteiger partial charge >= 0.3 is 6.18 Å². The van der Waals surface area contributed by atoms with E-state index in [4.69, 9.17) is 0 Å². The minimum absolute atomic E-state index is 0.0156. The molecule has 0 bridgehead atoms. The number of aliphatic hydroxyl groups is 1. The molecule has 3 fully saturated rings. The normalized spacial score (nSPS) is 29.8. The van der Waals surface area contributed by atoms with Crippen LogP contribution in [0.2, 0.25) is 0 Å². The molecule has 3 atom stereocenters. The molecule has 2 aliphatic carbocycles. The van der Waals surface area contributed by atoms with E-state index in [0.29, 0.717) is 35.5 Å². The number of aromatic nitrogens is 2. The van der Waals surface area contributed by atoms with Gasteiger partial charge in [0.15, 0.2) is 0 Å². The summed E-state index contributed by atoms with van der Waals surface area (Å²) in [7, 11) is 0. The van der Waals surface area contributed by atoms with Gasteiger partial charge in [-0.1, -0.05) is 18.9 Å². The predicted molar refractivity (Wildman–Crippen MR) is 105 cm³/mol. The smallest absolute Gasteiger partial charge is 0.389 e. The number of piperidine rings is 1. The van der Waals surface area contributed by atoms with Crippen molar-refractivity contribution in [1.29, 1.82) is 0 Å². The fraction of sp³-hybridized carbons (Fsp3) is 0.636. The summed E-state index contributed by atoms with van der Waals surface area (Å²) in [5, 5.41) is 11.4. The van der Waals surface area contributed by atoms with E-state index >= 15 is 0 Å². The zero-order chi connectivity index (χ0) is 21.1. The number of likely N-dealkylation sites (tertiary alicyclic amines) is 1. The van der Waals surface area contributed by atoms with Crippen LogP contribution in [0.5, 0.6) is 0 Å².